The van der Waals surface area contributed by atoms with Crippen LogP contribution >= 0.6 is 0 Å². The van der Waals surface area contributed by atoms with Gasteiger partial charge in [-0.25, -0.2) is 4.90 Å². The van der Waals surface area contributed by atoms with Crippen LogP contribution in [0.25, 0.3) is 6.08 Å². The molecule has 0 unspecified atom stereocenters. The second-order valence-corrected chi connectivity index (χ2v) is 4.20. The third-order valence-corrected chi connectivity index (χ3v) is 2.96. The number of rotatable bonds is 4. The van der Waals surface area contributed by atoms with E-state index in [1.165, 1.54) is 6.08 Å². The van der Waals surface area contributed by atoms with E-state index in [0.29, 0.717) is 0 Å². The Bertz CT molecular complexity index is 524. The summed E-state index contributed by atoms with van der Waals surface area (Å²) in [7, 11) is 0. The zero-order chi connectivity index (χ0) is 13.8. The number of hydrogen-bond donors (Lipinski definition) is 0. The lowest BCUT2D eigenvalue weighted by atomic mass is 9.98. The number of carbonyl (C=O) groups is 3. The van der Waals surface area contributed by atoms with Crippen LogP contribution in [0, 0.1) is 5.92 Å². The van der Waals surface area contributed by atoms with Crippen molar-refractivity contribution in [1.82, 2.24) is 4.90 Å². The fraction of sp³-hybridized carbons (Fsp3) is 0.214. The molecule has 1 fully saturated rings. The van der Waals surface area contributed by atoms with Gasteiger partial charge in [0.05, 0.1) is 5.92 Å². The SMILES string of the molecule is C[C@@H]1C(=O)N(C(=O)/C=C/c2ccccc2)[C@@H]1OC=O. The van der Waals surface area contributed by atoms with Gasteiger partial charge in [0.25, 0.3) is 12.4 Å². The Balaban J connectivity index is 2.06. The first-order valence-corrected chi connectivity index (χ1v) is 5.84. The summed E-state index contributed by atoms with van der Waals surface area (Å²) < 4.78 is 4.72. The third kappa shape index (κ3) is 2.54. The Kier molecular flexibility index (Phi) is 3.75. The van der Waals surface area contributed by atoms with Crippen molar-refractivity contribution < 1.29 is 19.1 Å². The van der Waals surface area contributed by atoms with Gasteiger partial charge in [0.1, 0.15) is 0 Å². The van der Waals surface area contributed by atoms with Crippen LogP contribution in [0.1, 0.15) is 12.5 Å². The van der Waals surface area contributed by atoms with Crippen LogP contribution in [0.15, 0.2) is 36.4 Å². The van der Waals surface area contributed by atoms with Gasteiger partial charge in [-0.05, 0) is 18.6 Å². The predicted molar refractivity (Wildman–Crippen MR) is 67.4 cm³/mol. The summed E-state index contributed by atoms with van der Waals surface area (Å²) in [6.07, 6.45) is 2.11. The van der Waals surface area contributed by atoms with E-state index in [1.807, 2.05) is 30.3 Å². The van der Waals surface area contributed by atoms with Gasteiger partial charge in [0, 0.05) is 6.08 Å². The molecular formula is C14H13NO4. The summed E-state index contributed by atoms with van der Waals surface area (Å²) in [4.78, 5) is 34.7. The van der Waals surface area contributed by atoms with Crippen LogP contribution in [-0.4, -0.2) is 29.4 Å². The van der Waals surface area contributed by atoms with Gasteiger partial charge in [0.15, 0.2) is 6.23 Å². The van der Waals surface area contributed by atoms with E-state index in [-0.39, 0.29) is 12.4 Å². The molecule has 0 aliphatic carbocycles. The van der Waals surface area contributed by atoms with E-state index in [1.54, 1.807) is 13.0 Å². The van der Waals surface area contributed by atoms with Gasteiger partial charge >= 0.3 is 0 Å². The maximum atomic E-state index is 11.9. The highest BCUT2D eigenvalue weighted by atomic mass is 16.5. The van der Waals surface area contributed by atoms with Crippen LogP contribution in [0.2, 0.25) is 0 Å². The van der Waals surface area contributed by atoms with Gasteiger partial charge in [-0.1, -0.05) is 30.3 Å². The first-order valence-electron chi connectivity index (χ1n) is 5.84. The van der Waals surface area contributed by atoms with Crippen molar-refractivity contribution in [3.05, 3.63) is 42.0 Å². The maximum Gasteiger partial charge on any atom is 0.295 e. The smallest absolute Gasteiger partial charge is 0.295 e. The number of likely N-dealkylation sites (tertiary alicyclic amines) is 1. The van der Waals surface area contributed by atoms with E-state index in [0.717, 1.165) is 10.5 Å². The molecule has 0 bridgehead atoms. The largest absolute Gasteiger partial charge is 0.442 e. The maximum absolute atomic E-state index is 11.9. The number of ether oxygens (including phenoxy) is 1. The molecule has 1 aromatic carbocycles. The molecule has 1 aliphatic heterocycles. The Morgan fingerprint density at radius 1 is 1.32 bits per heavy atom. The van der Waals surface area contributed by atoms with E-state index >= 15 is 0 Å². The fourth-order valence-corrected chi connectivity index (χ4v) is 1.89. The number of nitrogens with zero attached hydrogens (tertiary/aromatic N) is 1. The topological polar surface area (TPSA) is 63.7 Å². The zero-order valence-corrected chi connectivity index (χ0v) is 10.4. The lowest BCUT2D eigenvalue weighted by Crippen LogP contribution is -2.62. The Morgan fingerprint density at radius 2 is 2.00 bits per heavy atom. The zero-order valence-electron chi connectivity index (χ0n) is 10.4. The highest BCUT2D eigenvalue weighted by molar-refractivity contribution is 6.07. The van der Waals surface area contributed by atoms with Crippen molar-refractivity contribution in [2.45, 2.75) is 13.2 Å². The molecule has 1 saturated heterocycles. The van der Waals surface area contributed by atoms with Crippen LogP contribution in [0.4, 0.5) is 0 Å². The van der Waals surface area contributed by atoms with Crippen molar-refractivity contribution in [2.24, 2.45) is 5.92 Å². The minimum Gasteiger partial charge on any atom is -0.442 e. The molecule has 5 nitrogen and oxygen atoms in total. The third-order valence-electron chi connectivity index (χ3n) is 2.96. The van der Waals surface area contributed by atoms with Gasteiger partial charge in [-0.3, -0.25) is 14.4 Å². The first kappa shape index (κ1) is 13.0. The highest BCUT2D eigenvalue weighted by Crippen LogP contribution is 2.27. The van der Waals surface area contributed by atoms with Crippen LogP contribution in [-0.2, 0) is 19.1 Å². The van der Waals surface area contributed by atoms with Gasteiger partial charge in [-0.2, -0.15) is 0 Å². The van der Waals surface area contributed by atoms with Crippen LogP contribution < -0.4 is 0 Å². The normalized spacial score (nSPS) is 22.2. The van der Waals surface area contributed by atoms with E-state index in [4.69, 9.17) is 4.74 Å². The number of hydrogen-bond acceptors (Lipinski definition) is 4. The molecule has 0 aromatic heterocycles. The van der Waals surface area contributed by atoms with Crippen molar-refractivity contribution >= 4 is 24.4 Å². The number of amides is 2. The quantitative estimate of drug-likeness (QED) is 0.463. The Hall–Kier alpha value is -2.43. The summed E-state index contributed by atoms with van der Waals surface area (Å²) in [5.41, 5.74) is 0.852. The molecule has 5 heteroatoms. The molecule has 2 amide bonds. The van der Waals surface area contributed by atoms with E-state index in [9.17, 15) is 14.4 Å². The minimum atomic E-state index is -0.794. The minimum absolute atomic E-state index is 0.245. The fourth-order valence-electron chi connectivity index (χ4n) is 1.89. The molecule has 1 heterocycles. The molecule has 0 spiro atoms. The van der Waals surface area contributed by atoms with Gasteiger partial charge < -0.3 is 4.74 Å². The lowest BCUT2D eigenvalue weighted by Gasteiger charge is -2.41. The Labute approximate surface area is 110 Å². The molecule has 2 rings (SSSR count). The Morgan fingerprint density at radius 3 is 2.63 bits per heavy atom. The standard InChI is InChI=1S/C14H13NO4/c1-10-13(18)15(14(10)19-9-16)12(17)8-7-11-5-3-2-4-6-11/h2-10,14H,1H3/b8-7+/t10-,14-/m1/s1. The summed E-state index contributed by atoms with van der Waals surface area (Å²) in [5.74, 6) is -1.30. The molecule has 1 aliphatic rings. The summed E-state index contributed by atoms with van der Waals surface area (Å²) in [6.45, 7) is 1.86. The van der Waals surface area contributed by atoms with Gasteiger partial charge in [0.2, 0.25) is 5.91 Å². The first-order chi connectivity index (χ1) is 9.15. The van der Waals surface area contributed by atoms with E-state index < -0.39 is 18.1 Å². The number of imide groups is 1. The molecule has 98 valence electrons. The number of β-lactam (4-membered cyclic amide) rings is 1. The van der Waals surface area contributed by atoms with E-state index in [2.05, 4.69) is 0 Å². The average Bonchev–Trinajstić information content (AvgIpc) is 2.45. The van der Waals surface area contributed by atoms with Crippen LogP contribution in [0.3, 0.4) is 0 Å². The van der Waals surface area contributed by atoms with Crippen molar-refractivity contribution in [2.75, 3.05) is 0 Å². The summed E-state index contributed by atoms with van der Waals surface area (Å²) >= 11 is 0. The molecule has 0 radical (unpaired) electrons. The monoisotopic (exact) mass is 259 g/mol. The number of carbonyl (C=O) groups excluding carboxylic acids is 3. The van der Waals surface area contributed by atoms with Crippen molar-refractivity contribution in [1.29, 1.82) is 0 Å². The molecular weight excluding hydrogens is 246 g/mol. The lowest BCUT2D eigenvalue weighted by molar-refractivity contribution is -0.191. The molecule has 2 atom stereocenters. The highest BCUT2D eigenvalue weighted by Gasteiger charge is 2.49. The van der Waals surface area contributed by atoms with Crippen molar-refractivity contribution in [3.63, 3.8) is 0 Å². The summed E-state index contributed by atoms with van der Waals surface area (Å²) in [6, 6.07) is 9.24. The second-order valence-electron chi connectivity index (χ2n) is 4.20. The van der Waals surface area contributed by atoms with Gasteiger partial charge in [-0.15, -0.1) is 0 Å². The average molecular weight is 259 g/mol. The molecule has 1 aromatic rings. The molecule has 19 heavy (non-hydrogen) atoms. The molecule has 0 saturated carbocycles. The predicted octanol–water partition coefficient (Wildman–Crippen LogP) is 1.20. The van der Waals surface area contributed by atoms with Crippen LogP contribution in [0.5, 0.6) is 0 Å². The molecule has 0 N–H and O–H groups in total. The second kappa shape index (κ2) is 5.48. The number of benzene rings is 1. The summed E-state index contributed by atoms with van der Waals surface area (Å²) in [5, 5.41) is 0. The van der Waals surface area contributed by atoms with Crippen molar-refractivity contribution in [3.8, 4) is 0 Å².